The normalized spacial score (nSPS) is 38.2. The SMILES string of the molecule is CCCN1CC(C2CC(C3CCC3)C2)C1. The lowest BCUT2D eigenvalue weighted by Gasteiger charge is -2.52. The van der Waals surface area contributed by atoms with Crippen molar-refractivity contribution < 1.29 is 0 Å². The average Bonchev–Trinajstić information content (AvgIpc) is 2.00. The van der Waals surface area contributed by atoms with Gasteiger partial charge in [-0.05, 0) is 49.5 Å². The summed E-state index contributed by atoms with van der Waals surface area (Å²) < 4.78 is 0. The van der Waals surface area contributed by atoms with Gasteiger partial charge >= 0.3 is 0 Å². The zero-order valence-corrected chi connectivity index (χ0v) is 10.1. The highest BCUT2D eigenvalue weighted by Crippen LogP contribution is 2.50. The van der Waals surface area contributed by atoms with E-state index in [0.717, 1.165) is 23.7 Å². The van der Waals surface area contributed by atoms with E-state index in [1.807, 2.05) is 0 Å². The first-order chi connectivity index (χ1) is 7.36. The van der Waals surface area contributed by atoms with Crippen LogP contribution in [0.15, 0.2) is 0 Å². The van der Waals surface area contributed by atoms with E-state index in [2.05, 4.69) is 11.8 Å². The van der Waals surface area contributed by atoms with Crippen LogP contribution in [-0.4, -0.2) is 24.5 Å². The second-order valence-corrected chi connectivity index (χ2v) is 6.20. The first kappa shape index (κ1) is 10.1. The van der Waals surface area contributed by atoms with Gasteiger partial charge in [-0.3, -0.25) is 0 Å². The molecule has 0 radical (unpaired) electrons. The van der Waals surface area contributed by atoms with E-state index in [4.69, 9.17) is 0 Å². The summed E-state index contributed by atoms with van der Waals surface area (Å²) in [4.78, 5) is 2.64. The lowest BCUT2D eigenvalue weighted by Crippen LogP contribution is -2.53. The summed E-state index contributed by atoms with van der Waals surface area (Å²) in [5.74, 6) is 4.54. The maximum Gasteiger partial charge on any atom is 0.00247 e. The van der Waals surface area contributed by atoms with E-state index >= 15 is 0 Å². The molecule has 86 valence electrons. The van der Waals surface area contributed by atoms with Crippen LogP contribution in [-0.2, 0) is 0 Å². The third-order valence-electron chi connectivity index (χ3n) is 5.22. The standard InChI is InChI=1S/C14H25N/c1-2-6-15-9-14(10-15)13-7-12(8-13)11-4-3-5-11/h11-14H,2-10H2,1H3. The summed E-state index contributed by atoms with van der Waals surface area (Å²) in [5.41, 5.74) is 0. The van der Waals surface area contributed by atoms with Crippen molar-refractivity contribution in [2.24, 2.45) is 23.7 Å². The van der Waals surface area contributed by atoms with Crippen molar-refractivity contribution in [2.75, 3.05) is 19.6 Å². The molecule has 0 atom stereocenters. The molecule has 0 bridgehead atoms. The Labute approximate surface area is 94.2 Å². The molecule has 1 aliphatic heterocycles. The minimum atomic E-state index is 1.09. The molecule has 15 heavy (non-hydrogen) atoms. The fourth-order valence-corrected chi connectivity index (χ4v) is 3.80. The van der Waals surface area contributed by atoms with E-state index in [0.29, 0.717) is 0 Å². The third kappa shape index (κ3) is 1.84. The fourth-order valence-electron chi connectivity index (χ4n) is 3.80. The van der Waals surface area contributed by atoms with Crippen LogP contribution in [0.3, 0.4) is 0 Å². The van der Waals surface area contributed by atoms with Gasteiger partial charge in [0.25, 0.3) is 0 Å². The second-order valence-electron chi connectivity index (χ2n) is 6.20. The molecule has 3 fully saturated rings. The van der Waals surface area contributed by atoms with Gasteiger partial charge in [-0.1, -0.05) is 26.2 Å². The average molecular weight is 207 g/mol. The Hall–Kier alpha value is -0.0400. The van der Waals surface area contributed by atoms with Crippen LogP contribution in [0.4, 0.5) is 0 Å². The number of rotatable bonds is 4. The minimum absolute atomic E-state index is 1.09. The molecule has 0 N–H and O–H groups in total. The zero-order valence-electron chi connectivity index (χ0n) is 10.1. The summed E-state index contributed by atoms with van der Waals surface area (Å²) in [5, 5.41) is 0. The van der Waals surface area contributed by atoms with Gasteiger partial charge in [0.15, 0.2) is 0 Å². The molecule has 0 unspecified atom stereocenters. The highest BCUT2D eigenvalue weighted by Gasteiger charge is 2.43. The predicted molar refractivity (Wildman–Crippen MR) is 63.8 cm³/mol. The van der Waals surface area contributed by atoms with Gasteiger partial charge in [0.2, 0.25) is 0 Å². The zero-order chi connectivity index (χ0) is 10.3. The molecular weight excluding hydrogens is 182 g/mol. The fraction of sp³-hybridized carbons (Fsp3) is 1.00. The Morgan fingerprint density at radius 3 is 2.13 bits per heavy atom. The van der Waals surface area contributed by atoms with Crippen LogP contribution in [0.25, 0.3) is 0 Å². The lowest BCUT2D eigenvalue weighted by molar-refractivity contribution is -0.0262. The highest BCUT2D eigenvalue weighted by molar-refractivity contribution is 4.95. The molecule has 3 aliphatic rings. The van der Waals surface area contributed by atoms with Crippen molar-refractivity contribution >= 4 is 0 Å². The van der Waals surface area contributed by atoms with Crippen LogP contribution >= 0.6 is 0 Å². The predicted octanol–water partition coefficient (Wildman–Crippen LogP) is 3.15. The van der Waals surface area contributed by atoms with Crippen LogP contribution in [0, 0.1) is 23.7 Å². The summed E-state index contributed by atoms with van der Waals surface area (Å²) in [7, 11) is 0. The van der Waals surface area contributed by atoms with Gasteiger partial charge < -0.3 is 4.90 Å². The second kappa shape index (κ2) is 4.08. The molecule has 3 rings (SSSR count). The lowest BCUT2D eigenvalue weighted by atomic mass is 9.58. The molecule has 0 aromatic rings. The van der Waals surface area contributed by atoms with Gasteiger partial charge in [-0.25, -0.2) is 0 Å². The van der Waals surface area contributed by atoms with Crippen molar-refractivity contribution in [3.05, 3.63) is 0 Å². The maximum atomic E-state index is 2.64. The topological polar surface area (TPSA) is 3.24 Å². The van der Waals surface area contributed by atoms with Crippen molar-refractivity contribution in [1.82, 2.24) is 4.90 Å². The number of likely N-dealkylation sites (tertiary alicyclic amines) is 1. The molecule has 0 aromatic carbocycles. The summed E-state index contributed by atoms with van der Waals surface area (Å²) in [6.45, 7) is 6.49. The van der Waals surface area contributed by atoms with Crippen molar-refractivity contribution in [3.63, 3.8) is 0 Å². The van der Waals surface area contributed by atoms with Crippen molar-refractivity contribution in [1.29, 1.82) is 0 Å². The molecule has 0 spiro atoms. The monoisotopic (exact) mass is 207 g/mol. The number of hydrogen-bond donors (Lipinski definition) is 0. The third-order valence-corrected chi connectivity index (χ3v) is 5.22. The Kier molecular flexibility index (Phi) is 2.76. The van der Waals surface area contributed by atoms with E-state index < -0.39 is 0 Å². The van der Waals surface area contributed by atoms with Crippen molar-refractivity contribution in [3.8, 4) is 0 Å². The molecule has 2 saturated carbocycles. The first-order valence-electron chi connectivity index (χ1n) is 7.09. The van der Waals surface area contributed by atoms with Gasteiger partial charge in [-0.2, -0.15) is 0 Å². The van der Waals surface area contributed by atoms with Crippen molar-refractivity contribution in [2.45, 2.75) is 45.4 Å². The minimum Gasteiger partial charge on any atom is -0.303 e. The summed E-state index contributed by atoms with van der Waals surface area (Å²) in [6, 6.07) is 0. The molecule has 1 saturated heterocycles. The molecule has 1 nitrogen and oxygen atoms in total. The maximum absolute atomic E-state index is 2.64. The molecular formula is C14H25N. The van der Waals surface area contributed by atoms with Crippen LogP contribution < -0.4 is 0 Å². The summed E-state index contributed by atoms with van der Waals surface area (Å²) >= 11 is 0. The summed E-state index contributed by atoms with van der Waals surface area (Å²) in [6.07, 6.45) is 9.17. The number of nitrogens with zero attached hydrogens (tertiary/aromatic N) is 1. The first-order valence-corrected chi connectivity index (χ1v) is 7.09. The van der Waals surface area contributed by atoms with Gasteiger partial charge in [0.05, 0.1) is 0 Å². The highest BCUT2D eigenvalue weighted by atomic mass is 15.2. The van der Waals surface area contributed by atoms with E-state index in [-0.39, 0.29) is 0 Å². The Bertz CT molecular complexity index is 209. The quantitative estimate of drug-likeness (QED) is 0.684. The Morgan fingerprint density at radius 2 is 1.60 bits per heavy atom. The van der Waals surface area contributed by atoms with Gasteiger partial charge in [-0.15, -0.1) is 0 Å². The smallest absolute Gasteiger partial charge is 0.00247 e. The molecule has 0 aromatic heterocycles. The largest absolute Gasteiger partial charge is 0.303 e. The molecule has 0 amide bonds. The van der Waals surface area contributed by atoms with Crippen LogP contribution in [0.1, 0.15) is 45.4 Å². The molecule has 1 heterocycles. The van der Waals surface area contributed by atoms with E-state index in [9.17, 15) is 0 Å². The van der Waals surface area contributed by atoms with Gasteiger partial charge in [0.1, 0.15) is 0 Å². The Balaban J connectivity index is 1.34. The van der Waals surface area contributed by atoms with E-state index in [1.165, 1.54) is 32.5 Å². The van der Waals surface area contributed by atoms with Crippen LogP contribution in [0.2, 0.25) is 0 Å². The van der Waals surface area contributed by atoms with Crippen LogP contribution in [0.5, 0.6) is 0 Å². The number of hydrogen-bond acceptors (Lipinski definition) is 1. The Morgan fingerprint density at radius 1 is 0.933 bits per heavy atom. The van der Waals surface area contributed by atoms with E-state index in [1.54, 1.807) is 25.7 Å². The van der Waals surface area contributed by atoms with Gasteiger partial charge in [0, 0.05) is 13.1 Å². The molecule has 2 aliphatic carbocycles. The molecule has 1 heteroatoms.